The third-order valence-electron chi connectivity index (χ3n) is 6.19. The number of hydrogen-bond donors (Lipinski definition) is 0. The van der Waals surface area contributed by atoms with Crippen LogP contribution in [0.3, 0.4) is 0 Å². The molecule has 1 saturated heterocycles. The molecule has 1 aliphatic rings. The van der Waals surface area contributed by atoms with E-state index >= 15 is 0 Å². The van der Waals surface area contributed by atoms with Crippen LogP contribution >= 0.6 is 0 Å². The summed E-state index contributed by atoms with van der Waals surface area (Å²) >= 11 is 0. The molecule has 0 N–H and O–H groups in total. The van der Waals surface area contributed by atoms with Gasteiger partial charge in [0.1, 0.15) is 12.4 Å². The number of allylic oxidation sites excluding steroid dienone is 1. The minimum atomic E-state index is -0.211. The van der Waals surface area contributed by atoms with Crippen LogP contribution in [0.15, 0.2) is 78.9 Å². The van der Waals surface area contributed by atoms with Crippen LogP contribution in [0, 0.1) is 12.0 Å². The number of hydrogen-bond acceptors (Lipinski definition) is 2. The molecule has 1 unspecified atom stereocenters. The second-order valence-electron chi connectivity index (χ2n) is 8.34. The molecule has 1 heterocycles. The van der Waals surface area contributed by atoms with E-state index in [1.54, 1.807) is 0 Å². The SMILES string of the molecule is CCC(=C(c1cc[c]cc1)c1ccc(OCCN2CCC(CF)C2)cc1)c1ccccc1. The number of likely N-dealkylation sites (tertiary alicyclic amines) is 1. The predicted octanol–water partition coefficient (Wildman–Crippen LogP) is 6.53. The number of rotatable bonds is 9. The summed E-state index contributed by atoms with van der Waals surface area (Å²) in [4.78, 5) is 2.29. The monoisotopic (exact) mass is 428 g/mol. The molecule has 0 bridgehead atoms. The fourth-order valence-corrected chi connectivity index (χ4v) is 4.49. The quantitative estimate of drug-likeness (QED) is 0.360. The Morgan fingerprint density at radius 3 is 2.34 bits per heavy atom. The van der Waals surface area contributed by atoms with Gasteiger partial charge in [-0.3, -0.25) is 9.29 Å². The molecule has 0 aliphatic carbocycles. The molecule has 1 atom stereocenters. The van der Waals surface area contributed by atoms with Gasteiger partial charge in [0.2, 0.25) is 0 Å². The van der Waals surface area contributed by atoms with Gasteiger partial charge in [-0.1, -0.05) is 73.7 Å². The maximum absolute atomic E-state index is 12.8. The Bertz CT molecular complexity index is 998. The van der Waals surface area contributed by atoms with E-state index in [1.807, 2.05) is 12.1 Å². The van der Waals surface area contributed by atoms with Crippen LogP contribution in [0.25, 0.3) is 11.1 Å². The van der Waals surface area contributed by atoms with E-state index in [1.165, 1.54) is 27.8 Å². The number of halogens is 1. The van der Waals surface area contributed by atoms with Crippen LogP contribution in [-0.2, 0) is 0 Å². The Hall–Kier alpha value is -2.91. The van der Waals surface area contributed by atoms with E-state index in [0.29, 0.717) is 6.61 Å². The van der Waals surface area contributed by atoms with Gasteiger partial charge in [0.15, 0.2) is 0 Å². The van der Waals surface area contributed by atoms with Crippen molar-refractivity contribution in [2.75, 3.05) is 32.9 Å². The highest BCUT2D eigenvalue weighted by Crippen LogP contribution is 2.34. The van der Waals surface area contributed by atoms with Crippen molar-refractivity contribution in [3.05, 3.63) is 102 Å². The van der Waals surface area contributed by atoms with Crippen LogP contribution in [0.1, 0.15) is 36.5 Å². The van der Waals surface area contributed by atoms with Crippen molar-refractivity contribution >= 4 is 11.1 Å². The van der Waals surface area contributed by atoms with Crippen LogP contribution in [0.5, 0.6) is 5.75 Å². The smallest absolute Gasteiger partial charge is 0.119 e. The first kappa shape index (κ1) is 22.3. The zero-order valence-corrected chi connectivity index (χ0v) is 18.8. The Labute approximate surface area is 191 Å². The molecule has 1 fully saturated rings. The van der Waals surface area contributed by atoms with Crippen LogP contribution in [0.2, 0.25) is 0 Å². The van der Waals surface area contributed by atoms with Crippen LogP contribution in [0.4, 0.5) is 4.39 Å². The summed E-state index contributed by atoms with van der Waals surface area (Å²) in [6.45, 7) is 5.29. The number of nitrogens with zero attached hydrogens (tertiary/aromatic N) is 1. The zero-order valence-electron chi connectivity index (χ0n) is 18.8. The third kappa shape index (κ3) is 5.46. The molecule has 0 aromatic heterocycles. The Morgan fingerprint density at radius 1 is 0.969 bits per heavy atom. The fraction of sp³-hybridized carbons (Fsp3) is 0.310. The molecule has 3 aromatic rings. The first-order valence-electron chi connectivity index (χ1n) is 11.5. The summed E-state index contributed by atoms with van der Waals surface area (Å²) < 4.78 is 18.8. The Balaban J connectivity index is 1.53. The van der Waals surface area contributed by atoms with Gasteiger partial charge in [0, 0.05) is 19.0 Å². The van der Waals surface area contributed by atoms with Crippen LogP contribution in [-0.4, -0.2) is 37.8 Å². The Kier molecular flexibility index (Phi) is 7.73. The van der Waals surface area contributed by atoms with Gasteiger partial charge in [-0.05, 0) is 65.4 Å². The first-order valence-corrected chi connectivity index (χ1v) is 11.5. The van der Waals surface area contributed by atoms with Gasteiger partial charge in [-0.15, -0.1) is 0 Å². The highest BCUT2D eigenvalue weighted by atomic mass is 19.1. The highest BCUT2D eigenvalue weighted by molar-refractivity contribution is 5.98. The van der Waals surface area contributed by atoms with Crippen molar-refractivity contribution in [1.82, 2.24) is 4.90 Å². The molecule has 1 radical (unpaired) electrons. The van der Waals surface area contributed by atoms with Gasteiger partial charge in [-0.25, -0.2) is 0 Å². The average molecular weight is 429 g/mol. The van der Waals surface area contributed by atoms with Crippen molar-refractivity contribution in [2.45, 2.75) is 19.8 Å². The summed E-state index contributed by atoms with van der Waals surface area (Å²) in [6, 6.07) is 30.3. The second-order valence-corrected chi connectivity index (χ2v) is 8.34. The van der Waals surface area contributed by atoms with E-state index in [0.717, 1.165) is 38.2 Å². The summed E-state index contributed by atoms with van der Waals surface area (Å²) in [6.07, 6.45) is 1.89. The van der Waals surface area contributed by atoms with E-state index in [4.69, 9.17) is 4.74 Å². The molecule has 1 aliphatic heterocycles. The molecule has 165 valence electrons. The van der Waals surface area contributed by atoms with E-state index in [-0.39, 0.29) is 12.6 Å². The molecule has 0 amide bonds. The van der Waals surface area contributed by atoms with Gasteiger partial charge < -0.3 is 4.74 Å². The number of ether oxygens (including phenoxy) is 1. The lowest BCUT2D eigenvalue weighted by Crippen LogP contribution is -2.26. The zero-order chi connectivity index (χ0) is 22.2. The molecule has 0 saturated carbocycles. The molecular weight excluding hydrogens is 397 g/mol. The van der Waals surface area contributed by atoms with Crippen molar-refractivity contribution in [3.63, 3.8) is 0 Å². The normalized spacial score (nSPS) is 17.2. The van der Waals surface area contributed by atoms with Gasteiger partial charge in [0.25, 0.3) is 0 Å². The molecule has 3 aromatic carbocycles. The second kappa shape index (κ2) is 11.1. The molecular formula is C29H31FNO. The van der Waals surface area contributed by atoms with E-state index in [2.05, 4.69) is 84.6 Å². The van der Waals surface area contributed by atoms with E-state index < -0.39 is 0 Å². The highest BCUT2D eigenvalue weighted by Gasteiger charge is 2.21. The number of alkyl halides is 1. The van der Waals surface area contributed by atoms with E-state index in [9.17, 15) is 4.39 Å². The lowest BCUT2D eigenvalue weighted by atomic mass is 9.88. The molecule has 0 spiro atoms. The minimum absolute atomic E-state index is 0.201. The minimum Gasteiger partial charge on any atom is -0.492 e. The summed E-state index contributed by atoms with van der Waals surface area (Å²) in [7, 11) is 0. The lowest BCUT2D eigenvalue weighted by Gasteiger charge is -2.18. The molecule has 2 nitrogen and oxygen atoms in total. The maximum Gasteiger partial charge on any atom is 0.119 e. The van der Waals surface area contributed by atoms with Crippen molar-refractivity contribution < 1.29 is 9.13 Å². The lowest BCUT2D eigenvalue weighted by molar-refractivity contribution is 0.228. The van der Waals surface area contributed by atoms with Gasteiger partial charge in [-0.2, -0.15) is 0 Å². The van der Waals surface area contributed by atoms with Crippen molar-refractivity contribution in [3.8, 4) is 5.75 Å². The first-order chi connectivity index (χ1) is 15.8. The average Bonchev–Trinajstić information content (AvgIpc) is 3.32. The molecule has 4 rings (SSSR count). The topological polar surface area (TPSA) is 12.5 Å². The van der Waals surface area contributed by atoms with Crippen molar-refractivity contribution in [2.24, 2.45) is 5.92 Å². The largest absolute Gasteiger partial charge is 0.492 e. The molecule has 3 heteroatoms. The van der Waals surface area contributed by atoms with Crippen molar-refractivity contribution in [1.29, 1.82) is 0 Å². The van der Waals surface area contributed by atoms with Gasteiger partial charge >= 0.3 is 0 Å². The molecule has 32 heavy (non-hydrogen) atoms. The maximum atomic E-state index is 12.8. The van der Waals surface area contributed by atoms with Gasteiger partial charge in [0.05, 0.1) is 6.67 Å². The van der Waals surface area contributed by atoms with Crippen LogP contribution < -0.4 is 4.74 Å². The predicted molar refractivity (Wildman–Crippen MR) is 130 cm³/mol. The Morgan fingerprint density at radius 2 is 1.69 bits per heavy atom. The number of benzene rings is 3. The fourth-order valence-electron chi connectivity index (χ4n) is 4.49. The third-order valence-corrected chi connectivity index (χ3v) is 6.19. The summed E-state index contributed by atoms with van der Waals surface area (Å²) in [5, 5.41) is 0. The summed E-state index contributed by atoms with van der Waals surface area (Å²) in [5.41, 5.74) is 6.18. The summed E-state index contributed by atoms with van der Waals surface area (Å²) in [5.74, 6) is 1.07. The standard InChI is InChI=1S/C29H31FNO/c1-2-28(24-9-5-3-6-10-24)29(25-11-7-4-8-12-25)26-13-15-27(16-14-26)32-20-19-31-18-17-23(21-30)22-31/h3,5-16,23H,2,17-22H2,1H3.